The normalized spacial score (nSPS) is 27.5. The second-order valence-electron chi connectivity index (χ2n) is 6.41. The fraction of sp³-hybridized carbons (Fsp3) is 0.824. The minimum Gasteiger partial charge on any atom is -0.381 e. The number of rotatable bonds is 7. The predicted molar refractivity (Wildman–Crippen MR) is 85.8 cm³/mol. The first-order chi connectivity index (χ1) is 10.8. The third-order valence-corrected chi connectivity index (χ3v) is 5.02. The van der Waals surface area contributed by atoms with Crippen LogP contribution in [-0.2, 0) is 16.0 Å². The molecule has 1 aromatic rings. The highest BCUT2D eigenvalue weighted by atomic mass is 16.5. The van der Waals surface area contributed by atoms with Crippen LogP contribution in [0.1, 0.15) is 51.4 Å². The maximum Gasteiger partial charge on any atom is 0.126 e. The van der Waals surface area contributed by atoms with Crippen LogP contribution < -0.4 is 5.32 Å². The highest BCUT2D eigenvalue weighted by Crippen LogP contribution is 2.33. The summed E-state index contributed by atoms with van der Waals surface area (Å²) in [6.07, 6.45) is 8.96. The lowest BCUT2D eigenvalue weighted by Gasteiger charge is -2.40. The molecule has 1 atom stereocenters. The minimum absolute atomic E-state index is 0.339. The lowest BCUT2D eigenvalue weighted by Crippen LogP contribution is -2.49. The van der Waals surface area contributed by atoms with Gasteiger partial charge in [-0.2, -0.15) is 0 Å². The zero-order valence-corrected chi connectivity index (χ0v) is 13.8. The van der Waals surface area contributed by atoms with Gasteiger partial charge in [-0.15, -0.1) is 0 Å². The first kappa shape index (κ1) is 16.0. The Balaban J connectivity index is 1.67. The van der Waals surface area contributed by atoms with Gasteiger partial charge in [-0.3, -0.25) is 0 Å². The van der Waals surface area contributed by atoms with Crippen molar-refractivity contribution in [3.8, 4) is 0 Å². The number of imidazole rings is 1. The Morgan fingerprint density at radius 2 is 2.14 bits per heavy atom. The van der Waals surface area contributed by atoms with Crippen LogP contribution in [0.4, 0.5) is 0 Å². The average molecular weight is 307 g/mol. The van der Waals surface area contributed by atoms with Crippen molar-refractivity contribution in [3.63, 3.8) is 0 Å². The fourth-order valence-corrected chi connectivity index (χ4v) is 3.67. The molecule has 2 heterocycles. The first-order valence-electron chi connectivity index (χ1n) is 8.78. The molecule has 1 aliphatic heterocycles. The van der Waals surface area contributed by atoms with Crippen LogP contribution >= 0.6 is 0 Å². The summed E-state index contributed by atoms with van der Waals surface area (Å²) in [5.74, 6) is 1.81. The third-order valence-electron chi connectivity index (χ3n) is 5.02. The molecule has 2 fully saturated rings. The predicted octanol–water partition coefficient (Wildman–Crippen LogP) is 2.53. The van der Waals surface area contributed by atoms with Crippen molar-refractivity contribution in [1.29, 1.82) is 0 Å². The SMILES string of the molecule is CCOC1CC(NC(c2nccn2CC)C2CCOCC2)C1. The van der Waals surface area contributed by atoms with Crippen LogP contribution in [0.15, 0.2) is 12.4 Å². The number of ether oxygens (including phenoxy) is 2. The van der Waals surface area contributed by atoms with Crippen LogP contribution in [0.3, 0.4) is 0 Å². The third kappa shape index (κ3) is 3.53. The molecule has 5 nitrogen and oxygen atoms in total. The molecule has 1 saturated carbocycles. The molecule has 2 aliphatic rings. The molecular weight excluding hydrogens is 278 g/mol. The Kier molecular flexibility index (Phi) is 5.50. The molecule has 0 aromatic carbocycles. The standard InChI is InChI=1S/C17H29N3O2/c1-3-20-8-7-18-17(20)16(13-5-9-21-10-6-13)19-14-11-15(12-14)22-4-2/h7-8,13-16,19H,3-6,9-12H2,1-2H3. The Hall–Kier alpha value is -0.910. The van der Waals surface area contributed by atoms with Gasteiger partial charge in [0.25, 0.3) is 0 Å². The van der Waals surface area contributed by atoms with E-state index in [1.165, 1.54) is 5.82 Å². The van der Waals surface area contributed by atoms with Gasteiger partial charge in [-0.25, -0.2) is 4.98 Å². The topological polar surface area (TPSA) is 48.3 Å². The zero-order valence-electron chi connectivity index (χ0n) is 13.8. The molecule has 0 bridgehead atoms. The monoisotopic (exact) mass is 307 g/mol. The smallest absolute Gasteiger partial charge is 0.126 e. The maximum atomic E-state index is 5.69. The summed E-state index contributed by atoms with van der Waals surface area (Å²) in [7, 11) is 0. The second kappa shape index (κ2) is 7.57. The van der Waals surface area contributed by atoms with Gasteiger partial charge < -0.3 is 19.4 Å². The summed E-state index contributed by atoms with van der Waals surface area (Å²) in [6.45, 7) is 7.80. The number of nitrogens with one attached hydrogen (secondary N) is 1. The van der Waals surface area contributed by atoms with E-state index in [1.807, 2.05) is 6.20 Å². The molecule has 3 rings (SSSR count). The van der Waals surface area contributed by atoms with Crippen molar-refractivity contribution in [1.82, 2.24) is 14.9 Å². The van der Waals surface area contributed by atoms with E-state index in [-0.39, 0.29) is 0 Å². The van der Waals surface area contributed by atoms with Gasteiger partial charge >= 0.3 is 0 Å². The lowest BCUT2D eigenvalue weighted by atomic mass is 9.85. The van der Waals surface area contributed by atoms with Gasteiger partial charge in [0.1, 0.15) is 5.82 Å². The van der Waals surface area contributed by atoms with Crippen LogP contribution in [0.25, 0.3) is 0 Å². The van der Waals surface area contributed by atoms with Crippen molar-refractivity contribution in [3.05, 3.63) is 18.2 Å². The summed E-state index contributed by atoms with van der Waals surface area (Å²) in [5, 5.41) is 3.87. The fourth-order valence-electron chi connectivity index (χ4n) is 3.67. The van der Waals surface area contributed by atoms with E-state index in [9.17, 15) is 0 Å². The van der Waals surface area contributed by atoms with Crippen molar-refractivity contribution in [2.24, 2.45) is 5.92 Å². The maximum absolute atomic E-state index is 5.69. The number of aryl methyl sites for hydroxylation is 1. The highest BCUT2D eigenvalue weighted by molar-refractivity contribution is 5.04. The van der Waals surface area contributed by atoms with Crippen molar-refractivity contribution in [2.45, 2.75) is 64.3 Å². The van der Waals surface area contributed by atoms with Gasteiger partial charge in [0, 0.05) is 44.8 Å². The number of nitrogens with zero attached hydrogens (tertiary/aromatic N) is 2. The highest BCUT2D eigenvalue weighted by Gasteiger charge is 2.35. The molecule has 1 aromatic heterocycles. The molecule has 0 amide bonds. The van der Waals surface area contributed by atoms with E-state index in [0.717, 1.165) is 52.0 Å². The molecule has 1 aliphatic carbocycles. The summed E-state index contributed by atoms with van der Waals surface area (Å²) in [6, 6.07) is 0.901. The molecule has 1 N–H and O–H groups in total. The zero-order chi connectivity index (χ0) is 15.4. The number of hydrogen-bond donors (Lipinski definition) is 1. The van der Waals surface area contributed by atoms with Crippen molar-refractivity contribution in [2.75, 3.05) is 19.8 Å². The molecule has 1 unspecified atom stereocenters. The quantitative estimate of drug-likeness (QED) is 0.841. The van der Waals surface area contributed by atoms with Crippen LogP contribution in [0, 0.1) is 5.92 Å². The largest absolute Gasteiger partial charge is 0.381 e. The first-order valence-corrected chi connectivity index (χ1v) is 8.78. The van der Waals surface area contributed by atoms with Crippen molar-refractivity contribution >= 4 is 0 Å². The molecule has 22 heavy (non-hydrogen) atoms. The van der Waals surface area contributed by atoms with Crippen LogP contribution in [0.2, 0.25) is 0 Å². The van der Waals surface area contributed by atoms with Gasteiger partial charge in [0.2, 0.25) is 0 Å². The van der Waals surface area contributed by atoms with Gasteiger partial charge in [0.15, 0.2) is 0 Å². The van der Waals surface area contributed by atoms with Gasteiger partial charge in [0.05, 0.1) is 12.1 Å². The van der Waals surface area contributed by atoms with Crippen LogP contribution in [0.5, 0.6) is 0 Å². The second-order valence-corrected chi connectivity index (χ2v) is 6.41. The molecule has 5 heteroatoms. The van der Waals surface area contributed by atoms with E-state index >= 15 is 0 Å². The van der Waals surface area contributed by atoms with Gasteiger partial charge in [-0.05, 0) is 45.4 Å². The average Bonchev–Trinajstić information content (AvgIpc) is 2.98. The Morgan fingerprint density at radius 3 is 2.82 bits per heavy atom. The molecule has 1 saturated heterocycles. The van der Waals surface area contributed by atoms with Gasteiger partial charge in [-0.1, -0.05) is 0 Å². The lowest BCUT2D eigenvalue weighted by molar-refractivity contribution is -0.0187. The molecule has 124 valence electrons. The summed E-state index contributed by atoms with van der Waals surface area (Å²) >= 11 is 0. The number of hydrogen-bond acceptors (Lipinski definition) is 4. The van der Waals surface area contributed by atoms with E-state index in [1.54, 1.807) is 0 Å². The van der Waals surface area contributed by atoms with E-state index < -0.39 is 0 Å². The summed E-state index contributed by atoms with van der Waals surface area (Å²) < 4.78 is 13.5. The Bertz CT molecular complexity index is 451. The summed E-state index contributed by atoms with van der Waals surface area (Å²) in [5.41, 5.74) is 0. The van der Waals surface area contributed by atoms with Crippen molar-refractivity contribution < 1.29 is 9.47 Å². The van der Waals surface area contributed by atoms with E-state index in [4.69, 9.17) is 9.47 Å². The van der Waals surface area contributed by atoms with E-state index in [0.29, 0.717) is 24.1 Å². The Labute approximate surface area is 133 Å². The molecule has 0 spiro atoms. The van der Waals surface area contributed by atoms with Crippen LogP contribution in [-0.4, -0.2) is 41.5 Å². The van der Waals surface area contributed by atoms with E-state index in [2.05, 4.69) is 34.9 Å². The molecule has 0 radical (unpaired) electrons. The number of aromatic nitrogens is 2. The summed E-state index contributed by atoms with van der Waals surface area (Å²) in [4.78, 5) is 4.66. The Morgan fingerprint density at radius 1 is 1.36 bits per heavy atom. The minimum atomic E-state index is 0.339. The molecular formula is C17H29N3O2.